The lowest BCUT2D eigenvalue weighted by Gasteiger charge is -2.51. The molecule has 0 bridgehead atoms. The maximum Gasteiger partial charge on any atom is -0.0329 e. The summed E-state index contributed by atoms with van der Waals surface area (Å²) in [5, 5.41) is 0. The van der Waals surface area contributed by atoms with E-state index in [-0.39, 0.29) is 0 Å². The highest BCUT2D eigenvalue weighted by atomic mass is 14.5. The van der Waals surface area contributed by atoms with Crippen molar-refractivity contribution in [3.63, 3.8) is 0 Å². The summed E-state index contributed by atoms with van der Waals surface area (Å²) in [6, 6.07) is 0. The fraction of sp³-hybridized carbons (Fsp3) is 1.00. The highest BCUT2D eigenvalue weighted by molar-refractivity contribution is 4.96. The molecule has 0 aromatic carbocycles. The van der Waals surface area contributed by atoms with E-state index in [1.807, 2.05) is 0 Å². The van der Waals surface area contributed by atoms with Crippen molar-refractivity contribution in [3.05, 3.63) is 0 Å². The van der Waals surface area contributed by atoms with Gasteiger partial charge in [-0.3, -0.25) is 0 Å². The molecular formula is C12H20. The standard InChI is InChI=1S/C12H20/c1-2-5-10-8-11-7-3-6-9(4-1)12(10)11/h9-12H,1-8H2. The maximum absolute atomic E-state index is 1.61. The van der Waals surface area contributed by atoms with Gasteiger partial charge in [0.2, 0.25) is 0 Å². The largest absolute Gasteiger partial charge is 0.0530 e. The van der Waals surface area contributed by atoms with Gasteiger partial charge in [-0.25, -0.2) is 0 Å². The molecule has 0 N–H and O–H groups in total. The fourth-order valence-corrected chi connectivity index (χ4v) is 4.27. The van der Waals surface area contributed by atoms with Crippen LogP contribution in [0.5, 0.6) is 0 Å². The molecule has 0 nitrogen and oxygen atoms in total. The fourth-order valence-electron chi connectivity index (χ4n) is 4.27. The molecule has 12 heavy (non-hydrogen) atoms. The number of hydrogen-bond acceptors (Lipinski definition) is 0. The average Bonchev–Trinajstić information content (AvgIpc) is 2.22. The van der Waals surface area contributed by atoms with Crippen molar-refractivity contribution in [2.24, 2.45) is 23.7 Å². The Kier molecular flexibility index (Phi) is 1.70. The van der Waals surface area contributed by atoms with Crippen LogP contribution in [0.4, 0.5) is 0 Å². The van der Waals surface area contributed by atoms with E-state index >= 15 is 0 Å². The van der Waals surface area contributed by atoms with Crippen molar-refractivity contribution in [3.8, 4) is 0 Å². The normalized spacial score (nSPS) is 52.0. The second kappa shape index (κ2) is 2.75. The minimum absolute atomic E-state index is 1.17. The van der Waals surface area contributed by atoms with Crippen LogP contribution in [0.3, 0.4) is 0 Å². The lowest BCUT2D eigenvalue weighted by molar-refractivity contribution is -0.0162. The quantitative estimate of drug-likeness (QED) is 0.513. The Morgan fingerprint density at radius 1 is 0.583 bits per heavy atom. The van der Waals surface area contributed by atoms with Gasteiger partial charge in [0.1, 0.15) is 0 Å². The first kappa shape index (κ1) is 7.41. The summed E-state index contributed by atoms with van der Waals surface area (Å²) < 4.78 is 0. The van der Waals surface area contributed by atoms with E-state index in [0.717, 1.165) is 0 Å². The Morgan fingerprint density at radius 3 is 2.00 bits per heavy atom. The van der Waals surface area contributed by atoms with Gasteiger partial charge < -0.3 is 0 Å². The van der Waals surface area contributed by atoms with Gasteiger partial charge in [0.15, 0.2) is 0 Å². The first-order chi connectivity index (χ1) is 5.95. The zero-order valence-electron chi connectivity index (χ0n) is 7.97. The van der Waals surface area contributed by atoms with Crippen molar-refractivity contribution in [1.82, 2.24) is 0 Å². The molecule has 3 saturated carbocycles. The maximum atomic E-state index is 1.61. The van der Waals surface area contributed by atoms with Crippen molar-refractivity contribution >= 4 is 0 Å². The number of hydrogen-bond donors (Lipinski definition) is 0. The summed E-state index contributed by atoms with van der Waals surface area (Å²) >= 11 is 0. The molecule has 0 heterocycles. The first-order valence-corrected chi connectivity index (χ1v) is 5.95. The summed E-state index contributed by atoms with van der Waals surface area (Å²) in [7, 11) is 0. The van der Waals surface area contributed by atoms with Gasteiger partial charge in [-0.05, 0) is 30.1 Å². The van der Waals surface area contributed by atoms with E-state index < -0.39 is 0 Å². The zero-order valence-corrected chi connectivity index (χ0v) is 7.97. The summed E-state index contributed by atoms with van der Waals surface area (Å²) in [4.78, 5) is 0. The van der Waals surface area contributed by atoms with Gasteiger partial charge in [0.05, 0.1) is 0 Å². The molecule has 3 aliphatic rings. The van der Waals surface area contributed by atoms with Crippen LogP contribution in [0.25, 0.3) is 0 Å². The summed E-state index contributed by atoms with van der Waals surface area (Å²) in [5.74, 6) is 4.75. The molecular weight excluding hydrogens is 144 g/mol. The smallest absolute Gasteiger partial charge is 0.0329 e. The highest BCUT2D eigenvalue weighted by Gasteiger charge is 2.46. The molecule has 0 aliphatic heterocycles. The van der Waals surface area contributed by atoms with Crippen molar-refractivity contribution in [2.75, 3.05) is 0 Å². The lowest BCUT2D eigenvalue weighted by atomic mass is 9.54. The van der Waals surface area contributed by atoms with Crippen molar-refractivity contribution < 1.29 is 0 Å². The third-order valence-corrected chi connectivity index (χ3v) is 4.79. The predicted octanol–water partition coefficient (Wildman–Crippen LogP) is 3.61. The molecule has 0 saturated heterocycles. The van der Waals surface area contributed by atoms with E-state index in [1.165, 1.54) is 23.7 Å². The summed E-state index contributed by atoms with van der Waals surface area (Å²) in [6.07, 6.45) is 12.6. The van der Waals surface area contributed by atoms with Crippen LogP contribution in [-0.4, -0.2) is 0 Å². The van der Waals surface area contributed by atoms with Crippen LogP contribution >= 0.6 is 0 Å². The third-order valence-electron chi connectivity index (χ3n) is 4.79. The Hall–Kier alpha value is 0. The van der Waals surface area contributed by atoms with Gasteiger partial charge in [-0.15, -0.1) is 0 Å². The van der Waals surface area contributed by atoms with Crippen LogP contribution in [0.2, 0.25) is 0 Å². The van der Waals surface area contributed by atoms with Gasteiger partial charge in [-0.2, -0.15) is 0 Å². The van der Waals surface area contributed by atoms with Gasteiger partial charge in [-0.1, -0.05) is 44.9 Å². The molecule has 0 heteroatoms. The van der Waals surface area contributed by atoms with E-state index in [0.29, 0.717) is 0 Å². The minimum Gasteiger partial charge on any atom is -0.0530 e. The summed E-state index contributed by atoms with van der Waals surface area (Å²) in [6.45, 7) is 0. The second-order valence-electron chi connectivity index (χ2n) is 5.31. The molecule has 0 radical (unpaired) electrons. The topological polar surface area (TPSA) is 0 Å². The molecule has 0 amide bonds. The molecule has 0 aromatic rings. The Balaban J connectivity index is 1.79. The predicted molar refractivity (Wildman–Crippen MR) is 50.9 cm³/mol. The van der Waals surface area contributed by atoms with Crippen LogP contribution in [0.1, 0.15) is 51.4 Å². The molecule has 68 valence electrons. The molecule has 4 atom stereocenters. The SMILES string of the molecule is C1CCC2CC3CCCC(C1)C23. The summed E-state index contributed by atoms with van der Waals surface area (Å²) in [5.41, 5.74) is 0. The Morgan fingerprint density at radius 2 is 1.17 bits per heavy atom. The molecule has 3 rings (SSSR count). The zero-order chi connectivity index (χ0) is 7.97. The molecule has 0 aromatic heterocycles. The first-order valence-electron chi connectivity index (χ1n) is 5.95. The highest BCUT2D eigenvalue weighted by Crippen LogP contribution is 2.56. The van der Waals surface area contributed by atoms with Crippen molar-refractivity contribution in [2.45, 2.75) is 51.4 Å². The van der Waals surface area contributed by atoms with E-state index in [1.54, 1.807) is 51.4 Å². The van der Waals surface area contributed by atoms with Gasteiger partial charge in [0.25, 0.3) is 0 Å². The van der Waals surface area contributed by atoms with Crippen molar-refractivity contribution in [1.29, 1.82) is 0 Å². The molecule has 3 fully saturated rings. The second-order valence-corrected chi connectivity index (χ2v) is 5.31. The molecule has 4 unspecified atom stereocenters. The van der Waals surface area contributed by atoms with Gasteiger partial charge in [0, 0.05) is 0 Å². The Bertz CT molecular complexity index is 173. The third kappa shape index (κ3) is 0.963. The van der Waals surface area contributed by atoms with Crippen LogP contribution in [-0.2, 0) is 0 Å². The molecule has 0 spiro atoms. The van der Waals surface area contributed by atoms with Crippen LogP contribution in [0.15, 0.2) is 0 Å². The lowest BCUT2D eigenvalue weighted by Crippen LogP contribution is -2.43. The average molecular weight is 164 g/mol. The van der Waals surface area contributed by atoms with Gasteiger partial charge >= 0.3 is 0 Å². The monoisotopic (exact) mass is 164 g/mol. The molecule has 3 aliphatic carbocycles. The minimum atomic E-state index is 1.17. The van der Waals surface area contributed by atoms with E-state index in [2.05, 4.69) is 0 Å². The Labute approximate surface area is 75.7 Å². The van der Waals surface area contributed by atoms with E-state index in [4.69, 9.17) is 0 Å². The van der Waals surface area contributed by atoms with Crippen LogP contribution < -0.4 is 0 Å². The number of rotatable bonds is 0. The van der Waals surface area contributed by atoms with E-state index in [9.17, 15) is 0 Å². The van der Waals surface area contributed by atoms with Crippen LogP contribution in [0, 0.1) is 23.7 Å².